The van der Waals surface area contributed by atoms with Crippen LogP contribution in [0.4, 0.5) is 19.1 Å². The van der Waals surface area contributed by atoms with Crippen molar-refractivity contribution in [2.45, 2.75) is 69.9 Å². The summed E-state index contributed by atoms with van der Waals surface area (Å²) in [6, 6.07) is 5.67. The number of fused-ring (bicyclic) bond motifs is 1. The van der Waals surface area contributed by atoms with Gasteiger partial charge in [0.05, 0.1) is 6.10 Å². The molecule has 2 N–H and O–H groups in total. The Hall–Kier alpha value is -2.95. The number of hydrogen-bond acceptors (Lipinski definition) is 7. The van der Waals surface area contributed by atoms with E-state index in [4.69, 9.17) is 4.74 Å². The van der Waals surface area contributed by atoms with Gasteiger partial charge in [-0.2, -0.15) is 18.2 Å². The van der Waals surface area contributed by atoms with Crippen molar-refractivity contribution in [3.63, 3.8) is 0 Å². The maximum absolute atomic E-state index is 13.4. The average molecular weight is 450 g/mol. The van der Waals surface area contributed by atoms with E-state index in [0.29, 0.717) is 6.20 Å². The second-order valence-electron chi connectivity index (χ2n) is 8.17. The number of anilines is 1. The van der Waals surface area contributed by atoms with Gasteiger partial charge in [-0.15, -0.1) is 10.2 Å². The van der Waals surface area contributed by atoms with Gasteiger partial charge in [0.2, 0.25) is 11.8 Å². The molecule has 3 aromatic rings. The zero-order valence-electron chi connectivity index (χ0n) is 17.8. The van der Waals surface area contributed by atoms with Gasteiger partial charge in [-0.3, -0.25) is 4.40 Å². The van der Waals surface area contributed by atoms with E-state index in [0.717, 1.165) is 37.2 Å². The average Bonchev–Trinajstić information content (AvgIpc) is 3.17. The van der Waals surface area contributed by atoms with Crippen molar-refractivity contribution in [3.8, 4) is 5.88 Å². The number of nitrogens with one attached hydrogen (secondary N) is 1. The second-order valence-corrected chi connectivity index (χ2v) is 8.17. The number of halogens is 3. The molecule has 0 saturated heterocycles. The van der Waals surface area contributed by atoms with E-state index >= 15 is 0 Å². The van der Waals surface area contributed by atoms with Crippen molar-refractivity contribution in [1.29, 1.82) is 0 Å². The molecular formula is C21H25F3N6O2. The summed E-state index contributed by atoms with van der Waals surface area (Å²) in [5.74, 6) is 0.482. The van der Waals surface area contributed by atoms with Crippen LogP contribution < -0.4 is 10.1 Å². The minimum absolute atomic E-state index is 0.0383. The third kappa shape index (κ3) is 4.77. The molecule has 1 fully saturated rings. The molecule has 0 bridgehead atoms. The van der Waals surface area contributed by atoms with Crippen molar-refractivity contribution in [3.05, 3.63) is 42.0 Å². The van der Waals surface area contributed by atoms with Crippen molar-refractivity contribution < 1.29 is 23.0 Å². The number of rotatable bonds is 6. The molecule has 8 nitrogen and oxygen atoms in total. The normalized spacial score (nSPS) is 21.3. The molecule has 0 amide bonds. The first-order chi connectivity index (χ1) is 15.2. The minimum Gasteiger partial charge on any atom is -0.471 e. The zero-order chi connectivity index (χ0) is 22.9. The highest BCUT2D eigenvalue weighted by Crippen LogP contribution is 2.37. The summed E-state index contributed by atoms with van der Waals surface area (Å²) in [4.78, 5) is 7.86. The molecule has 4 atom stereocenters. The lowest BCUT2D eigenvalue weighted by Crippen LogP contribution is -2.29. The quantitative estimate of drug-likeness (QED) is 0.589. The molecule has 1 aliphatic rings. The monoisotopic (exact) mass is 450 g/mol. The van der Waals surface area contributed by atoms with Gasteiger partial charge < -0.3 is 15.2 Å². The number of aliphatic hydroxyl groups is 1. The maximum atomic E-state index is 13.4. The second kappa shape index (κ2) is 8.89. The lowest BCUT2D eigenvalue weighted by atomic mass is 9.85. The number of hydrogen-bond donors (Lipinski definition) is 2. The Morgan fingerprint density at radius 2 is 2.03 bits per heavy atom. The van der Waals surface area contributed by atoms with Crippen LogP contribution in [0.1, 0.15) is 56.8 Å². The van der Waals surface area contributed by atoms with E-state index in [9.17, 15) is 18.3 Å². The number of aliphatic hydroxyl groups excluding tert-OH is 1. The van der Waals surface area contributed by atoms with Gasteiger partial charge in [-0.05, 0) is 45.2 Å². The minimum atomic E-state index is -4.67. The van der Waals surface area contributed by atoms with E-state index in [2.05, 4.69) is 25.5 Å². The van der Waals surface area contributed by atoms with Crippen LogP contribution in [-0.2, 0) is 6.18 Å². The fourth-order valence-electron chi connectivity index (χ4n) is 3.87. The number of aromatic nitrogens is 5. The Morgan fingerprint density at radius 3 is 2.78 bits per heavy atom. The lowest BCUT2D eigenvalue weighted by molar-refractivity contribution is -0.140. The highest BCUT2D eigenvalue weighted by atomic mass is 19.4. The molecule has 1 saturated carbocycles. The Labute approximate surface area is 182 Å². The van der Waals surface area contributed by atoms with Crippen LogP contribution in [0.25, 0.3) is 5.65 Å². The van der Waals surface area contributed by atoms with Gasteiger partial charge in [-0.1, -0.05) is 12.5 Å². The molecule has 0 unspecified atom stereocenters. The number of ether oxygens (including phenoxy) is 1. The molecule has 3 heterocycles. The summed E-state index contributed by atoms with van der Waals surface area (Å²) in [7, 11) is 0. The summed E-state index contributed by atoms with van der Waals surface area (Å²) in [6.45, 7) is 2.92. The molecule has 32 heavy (non-hydrogen) atoms. The SMILES string of the molecule is C[C@H](Oc1nc(N[C@@H]2CCC[C@H](c3nnc4ccccn34)C2)ncc1C(F)(F)F)[C@@H](C)O. The highest BCUT2D eigenvalue weighted by Gasteiger charge is 2.37. The van der Waals surface area contributed by atoms with E-state index in [1.165, 1.54) is 13.8 Å². The lowest BCUT2D eigenvalue weighted by Gasteiger charge is -2.29. The van der Waals surface area contributed by atoms with Crippen molar-refractivity contribution in [1.82, 2.24) is 24.6 Å². The number of alkyl halides is 3. The van der Waals surface area contributed by atoms with Gasteiger partial charge >= 0.3 is 6.18 Å². The Morgan fingerprint density at radius 1 is 1.22 bits per heavy atom. The third-order valence-corrected chi connectivity index (χ3v) is 5.75. The first-order valence-corrected chi connectivity index (χ1v) is 10.6. The largest absolute Gasteiger partial charge is 0.471 e. The highest BCUT2D eigenvalue weighted by molar-refractivity contribution is 5.38. The van der Waals surface area contributed by atoms with E-state index in [-0.39, 0.29) is 17.9 Å². The Balaban J connectivity index is 1.53. The van der Waals surface area contributed by atoms with Gasteiger partial charge in [-0.25, -0.2) is 4.98 Å². The molecule has 0 spiro atoms. The zero-order valence-corrected chi connectivity index (χ0v) is 17.8. The first-order valence-electron chi connectivity index (χ1n) is 10.6. The first kappa shape index (κ1) is 22.3. The fraction of sp³-hybridized carbons (Fsp3) is 0.524. The van der Waals surface area contributed by atoms with Crippen molar-refractivity contribution in [2.24, 2.45) is 0 Å². The smallest absolute Gasteiger partial charge is 0.423 e. The molecule has 11 heteroatoms. The topological polar surface area (TPSA) is 97.5 Å². The van der Waals surface area contributed by atoms with Gasteiger partial charge in [0.25, 0.3) is 0 Å². The molecule has 0 aromatic carbocycles. The Bertz CT molecular complexity index is 1070. The third-order valence-electron chi connectivity index (χ3n) is 5.75. The summed E-state index contributed by atoms with van der Waals surface area (Å²) >= 11 is 0. The van der Waals surface area contributed by atoms with Gasteiger partial charge in [0.15, 0.2) is 5.65 Å². The molecule has 0 radical (unpaired) electrons. The van der Waals surface area contributed by atoms with Crippen molar-refractivity contribution in [2.75, 3.05) is 5.32 Å². The maximum Gasteiger partial charge on any atom is 0.423 e. The van der Waals surface area contributed by atoms with Gasteiger partial charge in [0, 0.05) is 24.4 Å². The molecule has 1 aliphatic carbocycles. The molecule has 172 valence electrons. The van der Waals surface area contributed by atoms with E-state index in [1.807, 2.05) is 28.8 Å². The van der Waals surface area contributed by atoms with Gasteiger partial charge in [0.1, 0.15) is 17.5 Å². The summed E-state index contributed by atoms with van der Waals surface area (Å²) < 4.78 is 47.4. The molecule has 3 aromatic heterocycles. The molecule has 4 rings (SSSR count). The van der Waals surface area contributed by atoms with Crippen LogP contribution in [0.5, 0.6) is 5.88 Å². The van der Waals surface area contributed by atoms with E-state index < -0.39 is 29.8 Å². The van der Waals surface area contributed by atoms with Crippen LogP contribution >= 0.6 is 0 Å². The summed E-state index contributed by atoms with van der Waals surface area (Å²) in [5, 5.41) is 21.3. The number of nitrogens with zero attached hydrogens (tertiary/aromatic N) is 5. The van der Waals surface area contributed by atoms with Crippen molar-refractivity contribution >= 4 is 11.6 Å². The molecular weight excluding hydrogens is 425 g/mol. The molecule has 0 aliphatic heterocycles. The van der Waals surface area contributed by atoms with Crippen LogP contribution in [0, 0.1) is 0 Å². The van der Waals surface area contributed by atoms with E-state index in [1.54, 1.807) is 0 Å². The van der Waals surface area contributed by atoms with Crippen LogP contribution in [-0.4, -0.2) is 47.9 Å². The fourth-order valence-corrected chi connectivity index (χ4v) is 3.87. The predicted octanol–water partition coefficient (Wildman–Crippen LogP) is 3.82. The Kier molecular flexibility index (Phi) is 6.18. The number of pyridine rings is 1. The summed E-state index contributed by atoms with van der Waals surface area (Å²) in [5.41, 5.74) is -0.301. The standard InChI is InChI=1S/C21H25F3N6O2/c1-12(31)13(2)32-19-16(21(22,23)24)11-25-20(27-19)26-15-7-5-6-14(10-15)18-29-28-17-8-3-4-9-30(17)18/h3-4,8-9,11-15,31H,5-7,10H2,1-2H3,(H,25,26,27)/t12-,13+,14+,15-/m1/s1. The van der Waals surface area contributed by atoms with Crippen LogP contribution in [0.15, 0.2) is 30.6 Å². The van der Waals surface area contributed by atoms with Crippen LogP contribution in [0.3, 0.4) is 0 Å². The predicted molar refractivity (Wildman–Crippen MR) is 110 cm³/mol. The van der Waals surface area contributed by atoms with Crippen LogP contribution in [0.2, 0.25) is 0 Å². The summed E-state index contributed by atoms with van der Waals surface area (Å²) in [6.07, 6.45) is -0.428.